The number of aromatic nitrogens is 4. The third kappa shape index (κ3) is 5.53. The number of nitrogens with zero attached hydrogens (tertiary/aromatic N) is 6. The highest BCUT2D eigenvalue weighted by Gasteiger charge is 2.31. The van der Waals surface area contributed by atoms with E-state index in [1.807, 2.05) is 18.2 Å². The predicted molar refractivity (Wildman–Crippen MR) is 154 cm³/mol. The summed E-state index contributed by atoms with van der Waals surface area (Å²) in [5.74, 6) is 0.444. The number of rotatable bonds is 6. The van der Waals surface area contributed by atoms with Crippen LogP contribution in [0.5, 0.6) is 11.5 Å². The van der Waals surface area contributed by atoms with E-state index in [4.69, 9.17) is 20.3 Å². The summed E-state index contributed by atoms with van der Waals surface area (Å²) in [6.45, 7) is 2.12. The molecule has 2 aliphatic heterocycles. The molecule has 4 heterocycles. The number of anilines is 1. The Morgan fingerprint density at radius 2 is 1.93 bits per heavy atom. The van der Waals surface area contributed by atoms with Gasteiger partial charge in [-0.3, -0.25) is 4.79 Å². The Labute approximate surface area is 242 Å². The van der Waals surface area contributed by atoms with Crippen LogP contribution in [-0.4, -0.2) is 56.9 Å². The third-order valence-electron chi connectivity index (χ3n) is 7.74. The van der Waals surface area contributed by atoms with Gasteiger partial charge >= 0.3 is 0 Å². The number of piperidine rings is 1. The quantitative estimate of drug-likeness (QED) is 0.253. The first-order valence-corrected chi connectivity index (χ1v) is 14.0. The Kier molecular flexibility index (Phi) is 7.79. The molecule has 2 fully saturated rings. The van der Waals surface area contributed by atoms with E-state index >= 15 is 4.39 Å². The minimum absolute atomic E-state index is 0.148. The molecule has 0 saturated carbocycles. The van der Waals surface area contributed by atoms with Crippen molar-refractivity contribution in [2.75, 3.05) is 32.0 Å². The van der Waals surface area contributed by atoms with Crippen LogP contribution >= 0.6 is 0 Å². The first-order valence-electron chi connectivity index (χ1n) is 14.0. The van der Waals surface area contributed by atoms with Gasteiger partial charge in [-0.15, -0.1) is 0 Å². The number of hydrogen-bond donors (Lipinski definition) is 1. The van der Waals surface area contributed by atoms with Crippen molar-refractivity contribution >= 4 is 22.8 Å². The van der Waals surface area contributed by atoms with Crippen LogP contribution in [0.2, 0.25) is 0 Å². The third-order valence-corrected chi connectivity index (χ3v) is 7.74. The standard InChI is InChI=1S/C31H30FN7O3/c32-26-16-24(42-23-6-2-1-3-7-23)8-9-25(26)28-27-29(34)35-19-36-30(27)39(37-28)22-5-4-12-38(18-22)31(40)21(17-33)15-20-10-13-41-14-11-20/h1-3,6-9,15-16,19-20,22H,4-5,10-14,18H2,(H2,34,35,36). The number of amides is 1. The number of carbonyl (C=O) groups is 1. The first-order chi connectivity index (χ1) is 20.5. The number of nitrogen functional groups attached to an aromatic ring is 1. The van der Waals surface area contributed by atoms with Crippen LogP contribution in [-0.2, 0) is 9.53 Å². The van der Waals surface area contributed by atoms with E-state index in [1.165, 1.54) is 12.4 Å². The lowest BCUT2D eigenvalue weighted by Crippen LogP contribution is -2.41. The zero-order chi connectivity index (χ0) is 29.1. The Morgan fingerprint density at radius 3 is 2.69 bits per heavy atom. The number of halogens is 1. The van der Waals surface area contributed by atoms with Crippen molar-refractivity contribution in [3.05, 3.63) is 72.3 Å². The van der Waals surface area contributed by atoms with Gasteiger partial charge in [0.2, 0.25) is 0 Å². The zero-order valence-electron chi connectivity index (χ0n) is 22.9. The smallest absolute Gasteiger partial charge is 0.264 e. The van der Waals surface area contributed by atoms with E-state index in [0.717, 1.165) is 19.3 Å². The van der Waals surface area contributed by atoms with E-state index in [9.17, 15) is 10.1 Å². The Balaban J connectivity index is 1.29. The largest absolute Gasteiger partial charge is 0.457 e. The van der Waals surface area contributed by atoms with Gasteiger partial charge in [0.05, 0.1) is 11.4 Å². The normalized spacial score (nSPS) is 18.1. The molecular formula is C31H30FN7O3. The van der Waals surface area contributed by atoms with Crippen LogP contribution in [0.3, 0.4) is 0 Å². The van der Waals surface area contributed by atoms with Crippen molar-refractivity contribution in [2.45, 2.75) is 31.7 Å². The van der Waals surface area contributed by atoms with Crippen molar-refractivity contribution in [3.8, 4) is 28.8 Å². The second-order valence-electron chi connectivity index (χ2n) is 10.5. The summed E-state index contributed by atoms with van der Waals surface area (Å²) in [6.07, 6.45) is 6.16. The van der Waals surface area contributed by atoms with Gasteiger partial charge in [-0.25, -0.2) is 19.0 Å². The maximum absolute atomic E-state index is 15.5. The number of para-hydroxylation sites is 1. The summed E-state index contributed by atoms with van der Waals surface area (Å²) in [6, 6.07) is 15.6. The molecule has 2 saturated heterocycles. The van der Waals surface area contributed by atoms with Gasteiger partial charge in [0.15, 0.2) is 5.65 Å². The molecule has 4 aromatic rings. The molecule has 1 unspecified atom stereocenters. The van der Waals surface area contributed by atoms with Gasteiger partial charge in [0, 0.05) is 37.9 Å². The van der Waals surface area contributed by atoms with Gasteiger partial charge in [-0.1, -0.05) is 24.3 Å². The summed E-state index contributed by atoms with van der Waals surface area (Å²) < 4.78 is 28.4. The Bertz CT molecular complexity index is 1680. The van der Waals surface area contributed by atoms with E-state index in [0.29, 0.717) is 61.0 Å². The summed E-state index contributed by atoms with van der Waals surface area (Å²) in [5.41, 5.74) is 7.43. The van der Waals surface area contributed by atoms with Gasteiger partial charge < -0.3 is 20.1 Å². The number of allylic oxidation sites excluding steroid dienone is 1. The fourth-order valence-electron chi connectivity index (χ4n) is 5.60. The van der Waals surface area contributed by atoms with Gasteiger partial charge in [0.25, 0.3) is 5.91 Å². The molecule has 11 heteroatoms. The maximum Gasteiger partial charge on any atom is 0.264 e. The van der Waals surface area contributed by atoms with Gasteiger partial charge in [0.1, 0.15) is 46.8 Å². The minimum Gasteiger partial charge on any atom is -0.457 e. The highest BCUT2D eigenvalue weighted by molar-refractivity contribution is 5.99. The van der Waals surface area contributed by atoms with Crippen LogP contribution in [0.4, 0.5) is 10.2 Å². The number of benzene rings is 2. The van der Waals surface area contributed by atoms with E-state index < -0.39 is 5.82 Å². The van der Waals surface area contributed by atoms with Crippen LogP contribution in [0, 0.1) is 23.1 Å². The number of hydrogen-bond acceptors (Lipinski definition) is 8. The average molecular weight is 568 g/mol. The van der Waals surface area contributed by atoms with Gasteiger partial charge in [-0.2, -0.15) is 10.4 Å². The van der Waals surface area contributed by atoms with Crippen molar-refractivity contribution in [2.24, 2.45) is 5.92 Å². The average Bonchev–Trinajstić information content (AvgIpc) is 3.41. The Morgan fingerprint density at radius 1 is 1.12 bits per heavy atom. The Hall–Kier alpha value is -4.82. The molecule has 0 spiro atoms. The predicted octanol–water partition coefficient (Wildman–Crippen LogP) is 5.05. The van der Waals surface area contributed by atoms with Crippen molar-refractivity contribution in [1.29, 1.82) is 5.26 Å². The number of likely N-dealkylation sites (tertiary alicyclic amines) is 1. The molecule has 2 N–H and O–H groups in total. The molecule has 0 aliphatic carbocycles. The van der Waals surface area contributed by atoms with Crippen LogP contribution in [0.25, 0.3) is 22.3 Å². The van der Waals surface area contributed by atoms with Crippen molar-refractivity contribution < 1.29 is 18.7 Å². The van der Waals surface area contributed by atoms with E-state index in [-0.39, 0.29) is 34.8 Å². The molecular weight excluding hydrogens is 537 g/mol. The fourth-order valence-corrected chi connectivity index (χ4v) is 5.60. The first kappa shape index (κ1) is 27.4. The summed E-state index contributed by atoms with van der Waals surface area (Å²) in [7, 11) is 0. The second kappa shape index (κ2) is 12.0. The molecule has 0 bridgehead atoms. The van der Waals surface area contributed by atoms with Crippen LogP contribution in [0.15, 0.2) is 66.5 Å². The highest BCUT2D eigenvalue weighted by Crippen LogP contribution is 2.36. The maximum atomic E-state index is 15.5. The summed E-state index contributed by atoms with van der Waals surface area (Å²) in [4.78, 5) is 23.7. The monoisotopic (exact) mass is 567 g/mol. The summed E-state index contributed by atoms with van der Waals surface area (Å²) >= 11 is 0. The number of nitrogens with two attached hydrogens (primary N) is 1. The van der Waals surface area contributed by atoms with Crippen LogP contribution < -0.4 is 10.5 Å². The van der Waals surface area contributed by atoms with E-state index in [2.05, 4.69) is 16.0 Å². The van der Waals surface area contributed by atoms with Crippen molar-refractivity contribution in [1.82, 2.24) is 24.6 Å². The molecule has 10 nitrogen and oxygen atoms in total. The molecule has 2 aliphatic rings. The molecule has 2 aromatic heterocycles. The topological polar surface area (TPSA) is 132 Å². The SMILES string of the molecule is N#CC(=CC1CCOCC1)C(=O)N1CCCC(n2nc(-c3ccc(Oc4ccccc4)cc3F)c3c(N)ncnc32)C1. The molecule has 2 aromatic carbocycles. The summed E-state index contributed by atoms with van der Waals surface area (Å²) in [5, 5.41) is 15.0. The van der Waals surface area contributed by atoms with E-state index in [1.54, 1.807) is 39.9 Å². The molecule has 1 atom stereocenters. The molecule has 0 radical (unpaired) electrons. The lowest BCUT2D eigenvalue weighted by Gasteiger charge is -2.33. The fraction of sp³-hybridized carbons (Fsp3) is 0.323. The lowest BCUT2D eigenvalue weighted by atomic mass is 9.96. The van der Waals surface area contributed by atoms with Crippen LogP contribution in [0.1, 0.15) is 31.7 Å². The minimum atomic E-state index is -0.532. The molecule has 214 valence electrons. The molecule has 42 heavy (non-hydrogen) atoms. The molecule has 1 amide bonds. The van der Waals surface area contributed by atoms with Crippen molar-refractivity contribution in [3.63, 3.8) is 0 Å². The number of carbonyl (C=O) groups excluding carboxylic acids is 1. The number of fused-ring (bicyclic) bond motifs is 1. The zero-order valence-corrected chi connectivity index (χ0v) is 22.9. The second-order valence-corrected chi connectivity index (χ2v) is 10.5. The number of ether oxygens (including phenoxy) is 2. The number of nitriles is 1. The van der Waals surface area contributed by atoms with Gasteiger partial charge in [-0.05, 0) is 55.9 Å². The lowest BCUT2D eigenvalue weighted by molar-refractivity contribution is -0.128. The highest BCUT2D eigenvalue weighted by atomic mass is 19.1. The molecule has 6 rings (SSSR count).